The molecule has 0 spiro atoms. The number of hydrogen-bond acceptors (Lipinski definition) is 1. The number of halogens is 1. The SMILES string of the molecule is CC(C)c1cc(F)c2cccnc2c1. The number of fused-ring (bicyclic) bond motifs is 1. The maximum absolute atomic E-state index is 13.6. The van der Waals surface area contributed by atoms with Crippen molar-refractivity contribution in [2.24, 2.45) is 0 Å². The van der Waals surface area contributed by atoms with E-state index in [1.807, 2.05) is 19.9 Å². The third-order valence-corrected chi connectivity index (χ3v) is 2.36. The van der Waals surface area contributed by atoms with Gasteiger partial charge in [-0.2, -0.15) is 0 Å². The summed E-state index contributed by atoms with van der Waals surface area (Å²) >= 11 is 0. The minimum atomic E-state index is -0.181. The minimum Gasteiger partial charge on any atom is -0.256 e. The molecule has 0 saturated heterocycles. The summed E-state index contributed by atoms with van der Waals surface area (Å²) in [4.78, 5) is 4.15. The first-order valence-electron chi connectivity index (χ1n) is 4.72. The number of hydrogen-bond donors (Lipinski definition) is 0. The normalized spacial score (nSPS) is 11.1. The highest BCUT2D eigenvalue weighted by molar-refractivity contribution is 5.79. The van der Waals surface area contributed by atoms with Crippen LogP contribution in [0.2, 0.25) is 0 Å². The molecule has 0 atom stereocenters. The highest BCUT2D eigenvalue weighted by Crippen LogP contribution is 2.22. The van der Waals surface area contributed by atoms with Gasteiger partial charge in [0.2, 0.25) is 0 Å². The maximum Gasteiger partial charge on any atom is 0.132 e. The van der Waals surface area contributed by atoms with E-state index in [9.17, 15) is 4.39 Å². The summed E-state index contributed by atoms with van der Waals surface area (Å²) in [6.07, 6.45) is 1.69. The summed E-state index contributed by atoms with van der Waals surface area (Å²) in [5.41, 5.74) is 1.73. The lowest BCUT2D eigenvalue weighted by Gasteiger charge is -2.07. The average Bonchev–Trinajstić information content (AvgIpc) is 2.17. The fraction of sp³-hybridized carbons (Fsp3) is 0.250. The standard InChI is InChI=1S/C12H12FN/c1-8(2)9-6-11(13)10-4-3-5-14-12(10)7-9/h3-8H,1-2H3. The van der Waals surface area contributed by atoms with Gasteiger partial charge in [0.1, 0.15) is 5.82 Å². The highest BCUT2D eigenvalue weighted by Gasteiger charge is 2.06. The van der Waals surface area contributed by atoms with Crippen molar-refractivity contribution in [1.82, 2.24) is 4.98 Å². The van der Waals surface area contributed by atoms with Crippen LogP contribution in [0.15, 0.2) is 30.5 Å². The molecule has 0 bridgehead atoms. The van der Waals surface area contributed by atoms with Crippen molar-refractivity contribution in [1.29, 1.82) is 0 Å². The van der Waals surface area contributed by atoms with Gasteiger partial charge in [0.05, 0.1) is 5.52 Å². The van der Waals surface area contributed by atoms with Crippen LogP contribution in [0.3, 0.4) is 0 Å². The van der Waals surface area contributed by atoms with Gasteiger partial charge in [0, 0.05) is 11.6 Å². The maximum atomic E-state index is 13.6. The van der Waals surface area contributed by atoms with Crippen LogP contribution in [-0.2, 0) is 0 Å². The summed E-state index contributed by atoms with van der Waals surface area (Å²) in [6.45, 7) is 4.09. The second-order valence-electron chi connectivity index (χ2n) is 3.73. The topological polar surface area (TPSA) is 12.9 Å². The molecule has 0 unspecified atom stereocenters. The molecule has 1 aromatic heterocycles. The summed E-state index contributed by atoms with van der Waals surface area (Å²) in [5.74, 6) is 0.148. The van der Waals surface area contributed by atoms with E-state index in [1.165, 1.54) is 0 Å². The van der Waals surface area contributed by atoms with Gasteiger partial charge in [0.15, 0.2) is 0 Å². The second-order valence-corrected chi connectivity index (χ2v) is 3.73. The number of nitrogens with zero attached hydrogens (tertiary/aromatic N) is 1. The zero-order valence-corrected chi connectivity index (χ0v) is 8.29. The molecule has 0 N–H and O–H groups in total. The predicted molar refractivity (Wildman–Crippen MR) is 55.8 cm³/mol. The molecule has 0 aliphatic rings. The lowest BCUT2D eigenvalue weighted by molar-refractivity contribution is 0.635. The van der Waals surface area contributed by atoms with Crippen molar-refractivity contribution < 1.29 is 4.39 Å². The molecule has 14 heavy (non-hydrogen) atoms. The molecule has 1 aromatic carbocycles. The van der Waals surface area contributed by atoms with Crippen LogP contribution in [-0.4, -0.2) is 4.98 Å². The second kappa shape index (κ2) is 3.37. The lowest BCUT2D eigenvalue weighted by Crippen LogP contribution is -1.91. The Labute approximate surface area is 82.6 Å². The number of rotatable bonds is 1. The van der Waals surface area contributed by atoms with E-state index >= 15 is 0 Å². The number of pyridine rings is 1. The Morgan fingerprint density at radius 3 is 2.79 bits per heavy atom. The first-order chi connectivity index (χ1) is 6.68. The summed E-state index contributed by atoms with van der Waals surface area (Å²) in [6, 6.07) is 7.04. The molecule has 0 aliphatic heterocycles. The van der Waals surface area contributed by atoms with Gasteiger partial charge in [0.25, 0.3) is 0 Å². The molecule has 2 aromatic rings. The van der Waals surface area contributed by atoms with Crippen LogP contribution < -0.4 is 0 Å². The van der Waals surface area contributed by atoms with Crippen LogP contribution in [0, 0.1) is 5.82 Å². The molecule has 0 fully saturated rings. The van der Waals surface area contributed by atoms with Gasteiger partial charge in [-0.1, -0.05) is 13.8 Å². The van der Waals surface area contributed by atoms with Gasteiger partial charge < -0.3 is 0 Å². The van der Waals surface area contributed by atoms with Gasteiger partial charge in [-0.3, -0.25) is 4.98 Å². The first kappa shape index (κ1) is 9.13. The van der Waals surface area contributed by atoms with Crippen molar-refractivity contribution in [3.8, 4) is 0 Å². The van der Waals surface area contributed by atoms with E-state index in [-0.39, 0.29) is 5.82 Å². The van der Waals surface area contributed by atoms with Crippen LogP contribution in [0.5, 0.6) is 0 Å². The van der Waals surface area contributed by atoms with Gasteiger partial charge in [-0.25, -0.2) is 4.39 Å². The summed E-state index contributed by atoms with van der Waals surface area (Å²) < 4.78 is 13.6. The van der Waals surface area contributed by atoms with E-state index < -0.39 is 0 Å². The molecule has 2 heteroatoms. The first-order valence-corrected chi connectivity index (χ1v) is 4.72. The molecule has 2 rings (SSSR count). The Kier molecular flexibility index (Phi) is 2.20. The molecular formula is C12H12FN. The third kappa shape index (κ3) is 1.48. The minimum absolute atomic E-state index is 0.181. The quantitative estimate of drug-likeness (QED) is 0.669. The fourth-order valence-electron chi connectivity index (χ4n) is 1.49. The van der Waals surface area contributed by atoms with Crippen molar-refractivity contribution in [3.05, 3.63) is 41.8 Å². The van der Waals surface area contributed by atoms with Crippen molar-refractivity contribution in [2.75, 3.05) is 0 Å². The Bertz CT molecular complexity index is 463. The largest absolute Gasteiger partial charge is 0.256 e. The van der Waals surface area contributed by atoms with Crippen LogP contribution in [0.4, 0.5) is 4.39 Å². The zero-order chi connectivity index (χ0) is 10.1. The van der Waals surface area contributed by atoms with Gasteiger partial charge in [-0.05, 0) is 35.7 Å². The Balaban J connectivity index is 2.72. The smallest absolute Gasteiger partial charge is 0.132 e. The van der Waals surface area contributed by atoms with Crippen LogP contribution in [0.1, 0.15) is 25.3 Å². The average molecular weight is 189 g/mol. The number of benzene rings is 1. The Morgan fingerprint density at radius 2 is 2.07 bits per heavy atom. The molecule has 1 heterocycles. The van der Waals surface area contributed by atoms with E-state index in [1.54, 1.807) is 24.4 Å². The monoisotopic (exact) mass is 189 g/mol. The Hall–Kier alpha value is -1.44. The highest BCUT2D eigenvalue weighted by atomic mass is 19.1. The molecule has 72 valence electrons. The fourth-order valence-corrected chi connectivity index (χ4v) is 1.49. The zero-order valence-electron chi connectivity index (χ0n) is 8.29. The van der Waals surface area contributed by atoms with Crippen molar-refractivity contribution in [2.45, 2.75) is 19.8 Å². The van der Waals surface area contributed by atoms with Crippen molar-refractivity contribution >= 4 is 10.9 Å². The van der Waals surface area contributed by atoms with Gasteiger partial charge in [-0.15, -0.1) is 0 Å². The van der Waals surface area contributed by atoms with E-state index in [4.69, 9.17) is 0 Å². The molecular weight excluding hydrogens is 177 g/mol. The van der Waals surface area contributed by atoms with Crippen molar-refractivity contribution in [3.63, 3.8) is 0 Å². The van der Waals surface area contributed by atoms with E-state index in [0.717, 1.165) is 11.1 Å². The molecule has 0 aliphatic carbocycles. The van der Waals surface area contributed by atoms with Gasteiger partial charge >= 0.3 is 0 Å². The number of aromatic nitrogens is 1. The molecule has 0 radical (unpaired) electrons. The predicted octanol–water partition coefficient (Wildman–Crippen LogP) is 3.50. The summed E-state index contributed by atoms with van der Waals surface area (Å²) in [7, 11) is 0. The van der Waals surface area contributed by atoms with Crippen LogP contribution >= 0.6 is 0 Å². The third-order valence-electron chi connectivity index (χ3n) is 2.36. The molecule has 1 nitrogen and oxygen atoms in total. The van der Waals surface area contributed by atoms with E-state index in [0.29, 0.717) is 11.3 Å². The molecule has 0 amide bonds. The lowest BCUT2D eigenvalue weighted by atomic mass is 10.0. The molecule has 0 saturated carbocycles. The van der Waals surface area contributed by atoms with E-state index in [2.05, 4.69) is 4.98 Å². The van der Waals surface area contributed by atoms with Crippen LogP contribution in [0.25, 0.3) is 10.9 Å². The summed E-state index contributed by atoms with van der Waals surface area (Å²) in [5, 5.41) is 0.594. The Morgan fingerprint density at radius 1 is 1.29 bits per heavy atom.